The molecule has 0 spiro atoms. The molecule has 4 aromatic carbocycles. The van der Waals surface area contributed by atoms with Gasteiger partial charge in [-0.25, -0.2) is 8.78 Å². The number of ether oxygens (including phenoxy) is 2. The molecule has 8 rings (SSSR count). The second-order valence-corrected chi connectivity index (χ2v) is 15.1. The Morgan fingerprint density at radius 3 is 1.47 bits per heavy atom. The van der Waals surface area contributed by atoms with Crippen LogP contribution in [0.15, 0.2) is 93.9 Å². The van der Waals surface area contributed by atoms with Crippen LogP contribution in [0.25, 0.3) is 0 Å². The van der Waals surface area contributed by atoms with Gasteiger partial charge in [-0.3, -0.25) is 0 Å². The molecule has 2 fully saturated rings. The minimum atomic E-state index is -0.272. The molecule has 0 radical (unpaired) electrons. The molecule has 8 atom stereocenters. The predicted octanol–water partition coefficient (Wildman–Crippen LogP) is 9.79. The molecular formula is C38H37Br2F2N3O2. The highest BCUT2D eigenvalue weighted by Crippen LogP contribution is 2.53. The molecule has 4 aliphatic rings. The number of nitrogens with one attached hydrogen (secondary N) is 3. The highest BCUT2D eigenvalue weighted by molar-refractivity contribution is 9.10. The van der Waals surface area contributed by atoms with Gasteiger partial charge in [0, 0.05) is 45.0 Å². The summed E-state index contributed by atoms with van der Waals surface area (Å²) in [6.07, 6.45) is 3.29. The maximum Gasteiger partial charge on any atom is 0.147 e. The van der Waals surface area contributed by atoms with Crippen LogP contribution in [0.4, 0.5) is 20.2 Å². The van der Waals surface area contributed by atoms with Gasteiger partial charge in [-0.2, -0.15) is 0 Å². The summed E-state index contributed by atoms with van der Waals surface area (Å²) in [6.45, 7) is 1.36. The summed E-state index contributed by atoms with van der Waals surface area (Å²) in [6, 6.07) is 27.5. The van der Waals surface area contributed by atoms with Gasteiger partial charge in [0.1, 0.15) is 11.6 Å². The van der Waals surface area contributed by atoms with Crippen LogP contribution in [0.5, 0.6) is 0 Å². The first kappa shape index (κ1) is 31.4. The van der Waals surface area contributed by atoms with Crippen molar-refractivity contribution in [2.24, 2.45) is 11.8 Å². The van der Waals surface area contributed by atoms with Gasteiger partial charge in [0.2, 0.25) is 0 Å². The SMILES string of the molecule is Fc1cc(Br)cc2c1N[C@@H](c1ccccc1)[C@@H]1CC[C@H](CNC[C@H]3CC[C@@H]4[C@H](O3)c3cc(Br)cc(F)c3N[C@H]4c3ccccc3)O[C@H]21. The third kappa shape index (κ3) is 6.14. The van der Waals surface area contributed by atoms with Gasteiger partial charge in [0.15, 0.2) is 0 Å². The summed E-state index contributed by atoms with van der Waals surface area (Å²) in [5.41, 5.74) is 5.09. The molecular weight excluding hydrogens is 728 g/mol. The Kier molecular flexibility index (Phi) is 8.86. The van der Waals surface area contributed by atoms with Gasteiger partial charge in [-0.15, -0.1) is 0 Å². The zero-order valence-electron chi connectivity index (χ0n) is 25.8. The Bertz CT molecular complexity index is 1620. The largest absolute Gasteiger partial charge is 0.375 e. The summed E-state index contributed by atoms with van der Waals surface area (Å²) in [7, 11) is 0. The Hall–Kier alpha value is -2.82. The molecule has 47 heavy (non-hydrogen) atoms. The van der Waals surface area contributed by atoms with E-state index in [2.05, 4.69) is 72.1 Å². The molecule has 0 amide bonds. The molecule has 4 heterocycles. The van der Waals surface area contributed by atoms with E-state index in [0.29, 0.717) is 33.4 Å². The van der Waals surface area contributed by atoms with Crippen LogP contribution in [0.2, 0.25) is 0 Å². The van der Waals surface area contributed by atoms with Gasteiger partial charge >= 0.3 is 0 Å². The smallest absolute Gasteiger partial charge is 0.147 e. The molecule has 4 aliphatic heterocycles. The van der Waals surface area contributed by atoms with E-state index in [4.69, 9.17) is 9.47 Å². The molecule has 4 aromatic rings. The van der Waals surface area contributed by atoms with Gasteiger partial charge in [-0.1, -0.05) is 92.5 Å². The molecule has 0 bridgehead atoms. The summed E-state index contributed by atoms with van der Waals surface area (Å²) in [5, 5.41) is 10.7. The summed E-state index contributed by atoms with van der Waals surface area (Å²) >= 11 is 7.00. The topological polar surface area (TPSA) is 54.5 Å². The third-order valence-electron chi connectivity index (χ3n) is 10.4. The van der Waals surface area contributed by atoms with Crippen molar-refractivity contribution in [1.82, 2.24) is 5.32 Å². The van der Waals surface area contributed by atoms with Gasteiger partial charge in [-0.05, 0) is 61.1 Å². The van der Waals surface area contributed by atoms with Crippen molar-refractivity contribution in [3.05, 3.63) is 128 Å². The van der Waals surface area contributed by atoms with Crippen LogP contribution in [0.1, 0.15) is 72.2 Å². The number of rotatable bonds is 6. The zero-order valence-corrected chi connectivity index (χ0v) is 28.9. The average molecular weight is 766 g/mol. The minimum absolute atomic E-state index is 0.0101. The van der Waals surface area contributed by atoms with Crippen LogP contribution in [-0.4, -0.2) is 25.3 Å². The van der Waals surface area contributed by atoms with Gasteiger partial charge in [0.25, 0.3) is 0 Å². The van der Waals surface area contributed by atoms with E-state index in [9.17, 15) is 0 Å². The second-order valence-electron chi connectivity index (χ2n) is 13.3. The fourth-order valence-corrected chi connectivity index (χ4v) is 9.15. The lowest BCUT2D eigenvalue weighted by Gasteiger charge is -2.46. The Morgan fingerprint density at radius 2 is 1.04 bits per heavy atom. The molecule has 3 N–H and O–H groups in total. The number of hydrogen-bond acceptors (Lipinski definition) is 5. The first-order chi connectivity index (χ1) is 22.9. The number of benzene rings is 4. The number of fused-ring (bicyclic) bond motifs is 6. The van der Waals surface area contributed by atoms with Crippen molar-refractivity contribution >= 4 is 43.2 Å². The Morgan fingerprint density at radius 1 is 0.617 bits per heavy atom. The van der Waals surface area contributed by atoms with Crippen molar-refractivity contribution in [1.29, 1.82) is 0 Å². The van der Waals surface area contributed by atoms with Crippen molar-refractivity contribution in [2.45, 2.75) is 62.2 Å². The average Bonchev–Trinajstić information content (AvgIpc) is 3.08. The van der Waals surface area contributed by atoms with E-state index in [1.54, 1.807) is 0 Å². The minimum Gasteiger partial charge on any atom is -0.375 e. The molecule has 5 nitrogen and oxygen atoms in total. The number of anilines is 2. The van der Waals surface area contributed by atoms with E-state index >= 15 is 8.78 Å². The summed E-state index contributed by atoms with van der Waals surface area (Å²) < 4.78 is 45.6. The zero-order chi connectivity index (χ0) is 32.1. The monoisotopic (exact) mass is 763 g/mol. The van der Waals surface area contributed by atoms with E-state index in [0.717, 1.165) is 47.9 Å². The fourth-order valence-electron chi connectivity index (χ4n) is 8.26. The molecule has 2 saturated heterocycles. The first-order valence-electron chi connectivity index (χ1n) is 16.6. The van der Waals surface area contributed by atoms with Crippen molar-refractivity contribution in [3.8, 4) is 0 Å². The highest BCUT2D eigenvalue weighted by Gasteiger charge is 2.45. The van der Waals surface area contributed by atoms with Gasteiger partial charge < -0.3 is 25.4 Å². The van der Waals surface area contributed by atoms with Crippen LogP contribution >= 0.6 is 31.9 Å². The van der Waals surface area contributed by atoms with E-state index in [1.165, 1.54) is 12.1 Å². The lowest BCUT2D eigenvalue weighted by atomic mass is 9.76. The fraction of sp³-hybridized carbons (Fsp3) is 0.368. The highest BCUT2D eigenvalue weighted by atomic mass is 79.9. The Balaban J connectivity index is 0.962. The van der Waals surface area contributed by atoms with E-state index in [-0.39, 0.29) is 60.0 Å². The van der Waals surface area contributed by atoms with E-state index in [1.807, 2.05) is 48.5 Å². The standard InChI is InChI=1S/C38H37Br2F2N3O2/c39-23-15-29-35(31(41)17-23)44-33(21-7-3-1-4-8-21)27-13-11-25(46-37(27)29)19-43-20-26-12-14-28-34(22-9-5-2-6-10-22)45-36-30(38(28)47-26)16-24(40)18-32(36)42/h1-10,15-18,25-28,33-34,37-38,43-45H,11-14,19-20H2/t25-,26-,27+,28+,33+,34+,37+,38+/m1/s1. The lowest BCUT2D eigenvalue weighted by molar-refractivity contribution is -0.102. The molecule has 244 valence electrons. The maximum atomic E-state index is 15.3. The van der Waals surface area contributed by atoms with Gasteiger partial charge in [0.05, 0.1) is 47.9 Å². The van der Waals surface area contributed by atoms with Crippen LogP contribution < -0.4 is 16.0 Å². The van der Waals surface area contributed by atoms with Crippen LogP contribution in [0, 0.1) is 23.5 Å². The normalized spacial score (nSPS) is 29.4. The Labute approximate surface area is 291 Å². The molecule has 0 unspecified atom stereocenters. The quantitative estimate of drug-likeness (QED) is 0.183. The predicted molar refractivity (Wildman–Crippen MR) is 187 cm³/mol. The van der Waals surface area contributed by atoms with Crippen LogP contribution in [-0.2, 0) is 9.47 Å². The molecule has 0 aromatic heterocycles. The first-order valence-corrected chi connectivity index (χ1v) is 18.1. The maximum absolute atomic E-state index is 15.3. The summed E-state index contributed by atoms with van der Waals surface area (Å²) in [5.74, 6) is -0.172. The van der Waals surface area contributed by atoms with Crippen LogP contribution in [0.3, 0.4) is 0 Å². The van der Waals surface area contributed by atoms with Crippen molar-refractivity contribution in [2.75, 3.05) is 23.7 Å². The van der Waals surface area contributed by atoms with E-state index < -0.39 is 0 Å². The molecule has 9 heteroatoms. The van der Waals surface area contributed by atoms with Crippen molar-refractivity contribution in [3.63, 3.8) is 0 Å². The summed E-state index contributed by atoms with van der Waals surface area (Å²) in [4.78, 5) is 0. The lowest BCUT2D eigenvalue weighted by Crippen LogP contribution is -2.45. The second kappa shape index (κ2) is 13.2. The van der Waals surface area contributed by atoms with Crippen molar-refractivity contribution < 1.29 is 18.3 Å². The third-order valence-corrected chi connectivity index (χ3v) is 11.3. The molecule has 0 saturated carbocycles. The molecule has 0 aliphatic carbocycles. The number of halogens is 4. The number of hydrogen-bond donors (Lipinski definition) is 3.